The Bertz CT molecular complexity index is 387. The fourth-order valence-corrected chi connectivity index (χ4v) is 1.83. The lowest BCUT2D eigenvalue weighted by molar-refractivity contribution is 0.202. The minimum absolute atomic E-state index is 0.0638. The van der Waals surface area contributed by atoms with Gasteiger partial charge in [0, 0.05) is 23.1 Å². The van der Waals surface area contributed by atoms with Crippen molar-refractivity contribution in [2.75, 3.05) is 25.5 Å². The van der Waals surface area contributed by atoms with Crippen LogP contribution >= 0.6 is 27.5 Å². The van der Waals surface area contributed by atoms with E-state index in [1.54, 1.807) is 25.2 Å². The molecule has 0 atom stereocenters. The third-order valence-corrected chi connectivity index (χ3v) is 2.85. The van der Waals surface area contributed by atoms with Crippen LogP contribution in [0.25, 0.3) is 0 Å². The molecular formula is C10H12BrClN2O2. The van der Waals surface area contributed by atoms with Gasteiger partial charge in [0.05, 0.1) is 12.3 Å². The van der Waals surface area contributed by atoms with E-state index in [2.05, 4.69) is 21.2 Å². The average Bonchev–Trinajstić information content (AvgIpc) is 2.22. The highest BCUT2D eigenvalue weighted by molar-refractivity contribution is 9.10. The van der Waals surface area contributed by atoms with E-state index in [0.717, 1.165) is 0 Å². The number of nitrogens with one attached hydrogen (secondary N) is 1. The molecule has 88 valence electrons. The van der Waals surface area contributed by atoms with Gasteiger partial charge in [0.2, 0.25) is 0 Å². The molecule has 0 aliphatic heterocycles. The second-order valence-corrected chi connectivity index (χ2v) is 4.49. The third kappa shape index (κ3) is 3.66. The minimum atomic E-state index is -0.280. The topological polar surface area (TPSA) is 52.6 Å². The molecule has 0 saturated heterocycles. The summed E-state index contributed by atoms with van der Waals surface area (Å²) in [5.41, 5.74) is 0.638. The second-order valence-electron chi connectivity index (χ2n) is 3.20. The van der Waals surface area contributed by atoms with Crippen molar-refractivity contribution in [2.45, 2.75) is 0 Å². The van der Waals surface area contributed by atoms with Crippen molar-refractivity contribution in [3.05, 3.63) is 27.7 Å². The Morgan fingerprint density at radius 1 is 1.62 bits per heavy atom. The van der Waals surface area contributed by atoms with E-state index in [9.17, 15) is 4.79 Å². The smallest absolute Gasteiger partial charge is 0.321 e. The largest absolute Gasteiger partial charge is 0.395 e. The number of carbonyl (C=O) groups excluding carboxylic acids is 1. The van der Waals surface area contributed by atoms with Crippen molar-refractivity contribution >= 4 is 39.2 Å². The van der Waals surface area contributed by atoms with E-state index in [1.807, 2.05) is 0 Å². The second kappa shape index (κ2) is 6.08. The van der Waals surface area contributed by atoms with Crippen LogP contribution in [0.2, 0.25) is 5.02 Å². The highest BCUT2D eigenvalue weighted by Crippen LogP contribution is 2.25. The Morgan fingerprint density at radius 3 is 2.88 bits per heavy atom. The third-order valence-electron chi connectivity index (χ3n) is 1.95. The number of likely N-dealkylation sites (N-methyl/N-ethyl adjacent to an activating group) is 1. The minimum Gasteiger partial charge on any atom is -0.395 e. The van der Waals surface area contributed by atoms with Crippen LogP contribution in [0.4, 0.5) is 10.5 Å². The molecule has 4 nitrogen and oxygen atoms in total. The molecule has 0 bridgehead atoms. The zero-order chi connectivity index (χ0) is 12.1. The fraction of sp³-hybridized carbons (Fsp3) is 0.300. The number of aliphatic hydroxyl groups is 1. The molecule has 6 heteroatoms. The van der Waals surface area contributed by atoms with Crippen molar-refractivity contribution in [3.63, 3.8) is 0 Å². The summed E-state index contributed by atoms with van der Waals surface area (Å²) in [4.78, 5) is 13.0. The summed E-state index contributed by atoms with van der Waals surface area (Å²) in [7, 11) is 1.61. The summed E-state index contributed by atoms with van der Waals surface area (Å²) in [6, 6.07) is 4.81. The molecule has 1 rings (SSSR count). The number of nitrogens with zero attached hydrogens (tertiary/aromatic N) is 1. The molecule has 16 heavy (non-hydrogen) atoms. The van der Waals surface area contributed by atoms with Gasteiger partial charge in [-0.25, -0.2) is 4.79 Å². The number of aliphatic hydroxyl groups excluding tert-OH is 1. The van der Waals surface area contributed by atoms with Gasteiger partial charge in [-0.05, 0) is 34.1 Å². The normalized spacial score (nSPS) is 10.0. The SMILES string of the molecule is CN(CCO)C(=O)Nc1ccc(Cl)cc1Br. The van der Waals surface area contributed by atoms with Crippen LogP contribution in [0.5, 0.6) is 0 Å². The summed E-state index contributed by atoms with van der Waals surface area (Å²) in [5.74, 6) is 0. The van der Waals surface area contributed by atoms with Crippen molar-refractivity contribution in [1.29, 1.82) is 0 Å². The van der Waals surface area contributed by atoms with Gasteiger partial charge >= 0.3 is 6.03 Å². The summed E-state index contributed by atoms with van der Waals surface area (Å²) in [6.45, 7) is 0.225. The van der Waals surface area contributed by atoms with Gasteiger partial charge in [0.15, 0.2) is 0 Å². The van der Waals surface area contributed by atoms with Gasteiger partial charge in [-0.3, -0.25) is 0 Å². The van der Waals surface area contributed by atoms with Gasteiger partial charge in [-0.2, -0.15) is 0 Å². The van der Waals surface area contributed by atoms with Crippen LogP contribution in [0.1, 0.15) is 0 Å². The van der Waals surface area contributed by atoms with Crippen molar-refractivity contribution < 1.29 is 9.90 Å². The Morgan fingerprint density at radius 2 is 2.31 bits per heavy atom. The molecule has 0 aromatic heterocycles. The average molecular weight is 308 g/mol. The zero-order valence-corrected chi connectivity index (χ0v) is 11.0. The molecule has 0 aliphatic rings. The van der Waals surface area contributed by atoms with Gasteiger partial charge in [-0.1, -0.05) is 11.6 Å². The first-order valence-corrected chi connectivity index (χ1v) is 5.79. The first-order valence-electron chi connectivity index (χ1n) is 4.62. The molecule has 0 unspecified atom stereocenters. The lowest BCUT2D eigenvalue weighted by atomic mass is 10.3. The van der Waals surface area contributed by atoms with E-state index in [4.69, 9.17) is 16.7 Å². The van der Waals surface area contributed by atoms with E-state index in [-0.39, 0.29) is 19.2 Å². The van der Waals surface area contributed by atoms with Gasteiger partial charge in [0.1, 0.15) is 0 Å². The first-order chi connectivity index (χ1) is 7.54. The Kier molecular flexibility index (Phi) is 5.05. The summed E-state index contributed by atoms with van der Waals surface area (Å²) in [5, 5.41) is 12.0. The van der Waals surface area contributed by atoms with Crippen LogP contribution in [-0.2, 0) is 0 Å². The van der Waals surface area contributed by atoms with Crippen LogP contribution in [0, 0.1) is 0 Å². The monoisotopic (exact) mass is 306 g/mol. The number of urea groups is 1. The lowest BCUT2D eigenvalue weighted by Crippen LogP contribution is -2.33. The van der Waals surface area contributed by atoms with Crippen LogP contribution < -0.4 is 5.32 Å². The maximum Gasteiger partial charge on any atom is 0.321 e. The van der Waals surface area contributed by atoms with Crippen LogP contribution in [-0.4, -0.2) is 36.2 Å². The first kappa shape index (κ1) is 13.3. The number of hydrogen-bond donors (Lipinski definition) is 2. The maximum atomic E-state index is 11.6. The number of rotatable bonds is 3. The van der Waals surface area contributed by atoms with Gasteiger partial charge in [-0.15, -0.1) is 0 Å². The molecule has 0 fully saturated rings. The molecular weight excluding hydrogens is 295 g/mol. The lowest BCUT2D eigenvalue weighted by Gasteiger charge is -2.17. The summed E-state index contributed by atoms with van der Waals surface area (Å²) < 4.78 is 0.714. The number of carbonyl (C=O) groups is 1. The van der Waals surface area contributed by atoms with E-state index < -0.39 is 0 Å². The molecule has 2 N–H and O–H groups in total. The predicted octanol–water partition coefficient (Wildman–Crippen LogP) is 2.56. The molecule has 0 spiro atoms. The van der Waals surface area contributed by atoms with Crippen LogP contribution in [0.15, 0.2) is 22.7 Å². The summed E-state index contributed by atoms with van der Waals surface area (Å²) in [6.07, 6.45) is 0. The highest BCUT2D eigenvalue weighted by Gasteiger charge is 2.09. The van der Waals surface area contributed by atoms with E-state index in [1.165, 1.54) is 4.90 Å². The highest BCUT2D eigenvalue weighted by atomic mass is 79.9. The van der Waals surface area contributed by atoms with Gasteiger partial charge in [0.25, 0.3) is 0 Å². The number of anilines is 1. The van der Waals surface area contributed by atoms with Crippen molar-refractivity contribution in [3.8, 4) is 0 Å². The Hall–Kier alpha value is -0.780. The molecule has 1 aromatic rings. The molecule has 0 saturated carbocycles. The van der Waals surface area contributed by atoms with E-state index >= 15 is 0 Å². The van der Waals surface area contributed by atoms with Gasteiger partial charge < -0.3 is 15.3 Å². The number of halogens is 2. The number of benzene rings is 1. The molecule has 1 aromatic carbocycles. The Balaban J connectivity index is 2.69. The Labute approximate surface area is 107 Å². The zero-order valence-electron chi connectivity index (χ0n) is 8.70. The van der Waals surface area contributed by atoms with Crippen molar-refractivity contribution in [2.24, 2.45) is 0 Å². The number of amides is 2. The molecule has 0 aliphatic carbocycles. The standard InChI is InChI=1S/C10H12BrClN2O2/c1-14(4-5-15)10(16)13-9-3-2-7(12)6-8(9)11/h2-3,6,15H,4-5H2,1H3,(H,13,16). The number of hydrogen-bond acceptors (Lipinski definition) is 2. The van der Waals surface area contributed by atoms with Crippen molar-refractivity contribution in [1.82, 2.24) is 4.90 Å². The maximum absolute atomic E-state index is 11.6. The summed E-state index contributed by atoms with van der Waals surface area (Å²) >= 11 is 9.08. The molecule has 2 amide bonds. The molecule has 0 radical (unpaired) electrons. The van der Waals surface area contributed by atoms with E-state index in [0.29, 0.717) is 15.2 Å². The van der Waals surface area contributed by atoms with Crippen LogP contribution in [0.3, 0.4) is 0 Å². The fourth-order valence-electron chi connectivity index (χ4n) is 1.05. The quantitative estimate of drug-likeness (QED) is 0.902. The predicted molar refractivity (Wildman–Crippen MR) is 67.9 cm³/mol. The molecule has 0 heterocycles.